The molecule has 0 N–H and O–H groups in total. The Morgan fingerprint density at radius 3 is 2.04 bits per heavy atom. The fourth-order valence-electron chi connectivity index (χ4n) is 2.64. The number of fused-ring (bicyclic) bond motifs is 1. The molecule has 3 heterocycles. The van der Waals surface area contributed by atoms with E-state index < -0.39 is 0 Å². The normalized spacial score (nSPS) is 10.7. The van der Waals surface area contributed by atoms with Crippen LogP contribution in [0.15, 0.2) is 83.7 Å². The van der Waals surface area contributed by atoms with E-state index in [1.165, 1.54) is 0 Å². The summed E-state index contributed by atoms with van der Waals surface area (Å²) in [7, 11) is 0. The predicted molar refractivity (Wildman–Crippen MR) is 99.7 cm³/mol. The Bertz CT molecular complexity index is 935. The maximum atomic E-state index is 4.51. The number of aromatic nitrogens is 3. The number of hydrogen-bond donors (Lipinski definition) is 0. The van der Waals surface area contributed by atoms with Crippen molar-refractivity contribution in [3.8, 4) is 0 Å². The van der Waals surface area contributed by atoms with Gasteiger partial charge in [0.1, 0.15) is 11.6 Å². The van der Waals surface area contributed by atoms with E-state index in [4.69, 9.17) is 0 Å². The SMILES string of the molecule is Brc1ccc2nccc(N(c3ccccn3)c3ccccn3)c2c1. The summed E-state index contributed by atoms with van der Waals surface area (Å²) < 4.78 is 1.01. The number of hydrogen-bond acceptors (Lipinski definition) is 4. The zero-order valence-corrected chi connectivity index (χ0v) is 14.3. The molecule has 0 saturated carbocycles. The van der Waals surface area contributed by atoms with Crippen molar-refractivity contribution in [1.29, 1.82) is 0 Å². The molecule has 0 aliphatic carbocycles. The molecule has 0 amide bonds. The lowest BCUT2D eigenvalue weighted by atomic mass is 10.1. The van der Waals surface area contributed by atoms with Crippen LogP contribution in [0.25, 0.3) is 10.9 Å². The van der Waals surface area contributed by atoms with Crippen molar-refractivity contribution < 1.29 is 0 Å². The molecule has 116 valence electrons. The monoisotopic (exact) mass is 376 g/mol. The van der Waals surface area contributed by atoms with Crippen LogP contribution in [0.3, 0.4) is 0 Å². The number of rotatable bonds is 3. The Hall–Kier alpha value is -2.79. The number of benzene rings is 1. The fourth-order valence-corrected chi connectivity index (χ4v) is 3.00. The second-order valence-corrected chi connectivity index (χ2v) is 6.12. The van der Waals surface area contributed by atoms with Crippen LogP contribution in [0.5, 0.6) is 0 Å². The molecule has 3 aromatic heterocycles. The molecule has 0 aliphatic rings. The highest BCUT2D eigenvalue weighted by atomic mass is 79.9. The summed E-state index contributed by atoms with van der Waals surface area (Å²) in [6.45, 7) is 0. The minimum Gasteiger partial charge on any atom is -0.278 e. The number of anilines is 3. The average molecular weight is 377 g/mol. The van der Waals surface area contributed by atoms with Crippen LogP contribution >= 0.6 is 15.9 Å². The summed E-state index contributed by atoms with van der Waals surface area (Å²) in [5, 5.41) is 1.03. The van der Waals surface area contributed by atoms with Gasteiger partial charge in [-0.2, -0.15) is 0 Å². The summed E-state index contributed by atoms with van der Waals surface area (Å²) in [4.78, 5) is 15.5. The van der Waals surface area contributed by atoms with Crippen LogP contribution in [0, 0.1) is 0 Å². The quantitative estimate of drug-likeness (QED) is 0.489. The molecule has 4 nitrogen and oxygen atoms in total. The van der Waals surface area contributed by atoms with E-state index in [2.05, 4.69) is 36.9 Å². The zero-order chi connectivity index (χ0) is 16.4. The molecule has 0 unspecified atom stereocenters. The largest absolute Gasteiger partial charge is 0.278 e. The molecule has 0 saturated heterocycles. The molecule has 0 bridgehead atoms. The first-order valence-corrected chi connectivity index (χ1v) is 8.29. The van der Waals surface area contributed by atoms with Gasteiger partial charge in [0.25, 0.3) is 0 Å². The van der Waals surface area contributed by atoms with Crippen molar-refractivity contribution in [3.63, 3.8) is 0 Å². The molecular formula is C19H13BrN4. The van der Waals surface area contributed by atoms with Gasteiger partial charge < -0.3 is 0 Å². The molecule has 4 rings (SSSR count). The number of pyridine rings is 3. The second kappa shape index (κ2) is 6.37. The Kier molecular flexibility index (Phi) is 3.92. The van der Waals surface area contributed by atoms with Crippen LogP contribution in [-0.4, -0.2) is 15.0 Å². The summed E-state index contributed by atoms with van der Waals surface area (Å²) in [5.41, 5.74) is 1.91. The van der Waals surface area contributed by atoms with Gasteiger partial charge in [-0.05, 0) is 48.5 Å². The molecule has 0 atom stereocenters. The van der Waals surface area contributed by atoms with E-state index in [1.54, 1.807) is 12.4 Å². The van der Waals surface area contributed by atoms with E-state index in [0.717, 1.165) is 32.7 Å². The van der Waals surface area contributed by atoms with Gasteiger partial charge in [-0.25, -0.2) is 9.97 Å². The zero-order valence-electron chi connectivity index (χ0n) is 12.7. The molecule has 0 spiro atoms. The maximum absolute atomic E-state index is 4.51. The Morgan fingerprint density at radius 1 is 0.708 bits per heavy atom. The summed E-state index contributed by atoms with van der Waals surface area (Å²) in [5.74, 6) is 1.62. The van der Waals surface area contributed by atoms with E-state index in [1.807, 2.05) is 65.7 Å². The van der Waals surface area contributed by atoms with Gasteiger partial charge in [0.2, 0.25) is 0 Å². The molecule has 5 heteroatoms. The van der Waals surface area contributed by atoms with Crippen molar-refractivity contribution in [2.24, 2.45) is 0 Å². The van der Waals surface area contributed by atoms with Crippen molar-refractivity contribution in [2.45, 2.75) is 0 Å². The Balaban J connectivity index is 2.00. The minimum absolute atomic E-state index is 0.809. The third kappa shape index (κ3) is 2.74. The molecule has 0 radical (unpaired) electrons. The van der Waals surface area contributed by atoms with Crippen molar-refractivity contribution in [2.75, 3.05) is 4.90 Å². The molecular weight excluding hydrogens is 364 g/mol. The molecule has 24 heavy (non-hydrogen) atoms. The van der Waals surface area contributed by atoms with Crippen molar-refractivity contribution >= 4 is 44.2 Å². The van der Waals surface area contributed by atoms with E-state index in [9.17, 15) is 0 Å². The highest BCUT2D eigenvalue weighted by Gasteiger charge is 2.17. The standard InChI is InChI=1S/C19H13BrN4/c20-14-7-8-16-15(13-14)17(9-12-21-16)24(18-5-1-3-10-22-18)19-6-2-4-11-23-19/h1-13H. The van der Waals surface area contributed by atoms with Gasteiger partial charge in [0.15, 0.2) is 0 Å². The first-order valence-electron chi connectivity index (χ1n) is 7.49. The lowest BCUT2D eigenvalue weighted by Crippen LogP contribution is -2.13. The number of nitrogens with zero attached hydrogens (tertiary/aromatic N) is 4. The van der Waals surface area contributed by atoms with Gasteiger partial charge in [0.05, 0.1) is 11.2 Å². The van der Waals surface area contributed by atoms with Gasteiger partial charge in [-0.1, -0.05) is 28.1 Å². The van der Waals surface area contributed by atoms with Gasteiger partial charge in [-0.3, -0.25) is 9.88 Å². The molecule has 1 aromatic carbocycles. The third-order valence-corrected chi connectivity index (χ3v) is 4.17. The lowest BCUT2D eigenvalue weighted by Gasteiger charge is -2.24. The summed E-state index contributed by atoms with van der Waals surface area (Å²) in [6.07, 6.45) is 5.37. The van der Waals surface area contributed by atoms with Crippen LogP contribution < -0.4 is 4.90 Å². The molecule has 0 fully saturated rings. The number of halogens is 1. The second-order valence-electron chi connectivity index (χ2n) is 5.20. The molecule has 0 aliphatic heterocycles. The van der Waals surface area contributed by atoms with Crippen molar-refractivity contribution in [1.82, 2.24) is 15.0 Å². The van der Waals surface area contributed by atoms with Gasteiger partial charge in [-0.15, -0.1) is 0 Å². The first-order chi connectivity index (χ1) is 11.8. The first kappa shape index (κ1) is 14.8. The predicted octanol–water partition coefficient (Wildman–Crippen LogP) is 5.26. The third-order valence-electron chi connectivity index (χ3n) is 3.68. The Morgan fingerprint density at radius 2 is 1.42 bits per heavy atom. The lowest BCUT2D eigenvalue weighted by molar-refractivity contribution is 1.13. The maximum Gasteiger partial charge on any atom is 0.138 e. The smallest absolute Gasteiger partial charge is 0.138 e. The fraction of sp³-hybridized carbons (Fsp3) is 0. The highest BCUT2D eigenvalue weighted by molar-refractivity contribution is 9.10. The Labute approximate surface area is 148 Å². The highest BCUT2D eigenvalue weighted by Crippen LogP contribution is 2.36. The summed E-state index contributed by atoms with van der Waals surface area (Å²) in [6, 6.07) is 19.7. The van der Waals surface area contributed by atoms with Crippen LogP contribution in [0.4, 0.5) is 17.3 Å². The van der Waals surface area contributed by atoms with Crippen molar-refractivity contribution in [3.05, 3.63) is 83.7 Å². The van der Waals surface area contributed by atoms with E-state index in [-0.39, 0.29) is 0 Å². The average Bonchev–Trinajstić information content (AvgIpc) is 2.64. The topological polar surface area (TPSA) is 41.9 Å². The van der Waals surface area contributed by atoms with Crippen LogP contribution in [0.2, 0.25) is 0 Å². The van der Waals surface area contributed by atoms with E-state index in [0.29, 0.717) is 0 Å². The van der Waals surface area contributed by atoms with Crippen LogP contribution in [0.1, 0.15) is 0 Å². The van der Waals surface area contributed by atoms with Gasteiger partial charge in [0, 0.05) is 28.4 Å². The minimum atomic E-state index is 0.809. The van der Waals surface area contributed by atoms with Crippen LogP contribution in [-0.2, 0) is 0 Å². The van der Waals surface area contributed by atoms with E-state index >= 15 is 0 Å². The summed E-state index contributed by atoms with van der Waals surface area (Å²) >= 11 is 3.55. The molecule has 4 aromatic rings. The van der Waals surface area contributed by atoms with Gasteiger partial charge >= 0.3 is 0 Å².